The Balaban J connectivity index is 2.14. The van der Waals surface area contributed by atoms with Crippen molar-refractivity contribution in [2.75, 3.05) is 0 Å². The zero-order valence-corrected chi connectivity index (χ0v) is 9.89. The van der Waals surface area contributed by atoms with Gasteiger partial charge in [0.05, 0.1) is 6.42 Å². The number of aromatic nitrogens is 1. The first-order valence-corrected chi connectivity index (χ1v) is 5.81. The minimum atomic E-state index is 0.124. The van der Waals surface area contributed by atoms with Crippen molar-refractivity contribution in [1.29, 1.82) is 0 Å². The molecule has 0 saturated heterocycles. The lowest BCUT2D eigenvalue weighted by molar-refractivity contribution is 0.0992. The molecule has 0 N–H and O–H groups in total. The van der Waals surface area contributed by atoms with Crippen LogP contribution in [-0.4, -0.2) is 10.8 Å². The number of ketones is 1. The maximum atomic E-state index is 12.0. The number of carbonyl (C=O) groups is 1. The number of hydrogen-bond acceptors (Lipinski definition) is 2. The van der Waals surface area contributed by atoms with Crippen molar-refractivity contribution < 1.29 is 4.79 Å². The second-order valence-corrected chi connectivity index (χ2v) is 3.97. The molecular formula is C15H15NO. The molecule has 0 unspecified atom stereocenters. The van der Waals surface area contributed by atoms with Crippen LogP contribution in [0.2, 0.25) is 0 Å². The smallest absolute Gasteiger partial charge is 0.168 e. The second-order valence-electron chi connectivity index (χ2n) is 3.97. The van der Waals surface area contributed by atoms with Crippen LogP contribution < -0.4 is 0 Å². The van der Waals surface area contributed by atoms with Crippen molar-refractivity contribution in [2.24, 2.45) is 0 Å². The van der Waals surface area contributed by atoms with Crippen LogP contribution in [0.1, 0.15) is 28.5 Å². The van der Waals surface area contributed by atoms with Crippen LogP contribution in [0.25, 0.3) is 0 Å². The molecule has 17 heavy (non-hydrogen) atoms. The van der Waals surface area contributed by atoms with E-state index >= 15 is 0 Å². The van der Waals surface area contributed by atoms with Crippen LogP contribution in [-0.2, 0) is 12.8 Å². The zero-order valence-electron chi connectivity index (χ0n) is 9.89. The third kappa shape index (κ3) is 3.00. The highest BCUT2D eigenvalue weighted by Crippen LogP contribution is 2.09. The molecule has 0 amide bonds. The largest absolute Gasteiger partial charge is 0.294 e. The highest BCUT2D eigenvalue weighted by atomic mass is 16.1. The molecule has 0 bridgehead atoms. The van der Waals surface area contributed by atoms with Gasteiger partial charge in [-0.15, -0.1) is 0 Å². The molecular weight excluding hydrogens is 210 g/mol. The van der Waals surface area contributed by atoms with Gasteiger partial charge in [0.1, 0.15) is 0 Å². The molecule has 1 aromatic heterocycles. The Labute approximate surface area is 101 Å². The van der Waals surface area contributed by atoms with E-state index in [4.69, 9.17) is 0 Å². The number of rotatable bonds is 4. The first-order chi connectivity index (χ1) is 8.29. The number of nitrogens with zero attached hydrogens (tertiary/aromatic N) is 1. The summed E-state index contributed by atoms with van der Waals surface area (Å²) in [6, 6.07) is 13.4. The van der Waals surface area contributed by atoms with Crippen molar-refractivity contribution in [3.63, 3.8) is 0 Å². The maximum Gasteiger partial charge on any atom is 0.168 e. The standard InChI is InChI=1S/C15H15NO/c1-2-12-6-5-7-13(10-12)15(17)11-14-8-3-4-9-16-14/h3-10H,2,11H2,1H3. The van der Waals surface area contributed by atoms with E-state index in [0.29, 0.717) is 6.42 Å². The number of hydrogen-bond donors (Lipinski definition) is 0. The Hall–Kier alpha value is -1.96. The Bertz CT molecular complexity index is 505. The topological polar surface area (TPSA) is 30.0 Å². The fourth-order valence-corrected chi connectivity index (χ4v) is 1.73. The van der Waals surface area contributed by atoms with Gasteiger partial charge >= 0.3 is 0 Å². The summed E-state index contributed by atoms with van der Waals surface area (Å²) in [6.07, 6.45) is 3.03. The zero-order chi connectivity index (χ0) is 12.1. The van der Waals surface area contributed by atoms with Gasteiger partial charge in [-0.25, -0.2) is 0 Å². The van der Waals surface area contributed by atoms with E-state index in [1.165, 1.54) is 5.56 Å². The molecule has 0 fully saturated rings. The van der Waals surface area contributed by atoms with Crippen molar-refractivity contribution in [2.45, 2.75) is 19.8 Å². The summed E-state index contributed by atoms with van der Waals surface area (Å²) in [7, 11) is 0. The fourth-order valence-electron chi connectivity index (χ4n) is 1.73. The predicted molar refractivity (Wildman–Crippen MR) is 68.1 cm³/mol. The quantitative estimate of drug-likeness (QED) is 0.748. The van der Waals surface area contributed by atoms with Gasteiger partial charge in [0.15, 0.2) is 5.78 Å². The first-order valence-electron chi connectivity index (χ1n) is 5.81. The van der Waals surface area contributed by atoms with Gasteiger partial charge in [0, 0.05) is 17.5 Å². The number of carbonyl (C=O) groups excluding carboxylic acids is 1. The van der Waals surface area contributed by atoms with E-state index in [0.717, 1.165) is 17.7 Å². The summed E-state index contributed by atoms with van der Waals surface area (Å²) in [5, 5.41) is 0. The highest BCUT2D eigenvalue weighted by Gasteiger charge is 2.07. The monoisotopic (exact) mass is 225 g/mol. The Morgan fingerprint density at radius 1 is 1.18 bits per heavy atom. The van der Waals surface area contributed by atoms with E-state index in [9.17, 15) is 4.79 Å². The molecule has 2 aromatic rings. The molecule has 1 aromatic carbocycles. The first kappa shape index (κ1) is 11.5. The van der Waals surface area contributed by atoms with Gasteiger partial charge in [-0.1, -0.05) is 31.2 Å². The van der Waals surface area contributed by atoms with Crippen molar-refractivity contribution >= 4 is 5.78 Å². The molecule has 0 spiro atoms. The normalized spacial score (nSPS) is 10.2. The molecule has 2 nitrogen and oxygen atoms in total. The minimum Gasteiger partial charge on any atom is -0.294 e. The van der Waals surface area contributed by atoms with Crippen LogP contribution >= 0.6 is 0 Å². The predicted octanol–water partition coefficient (Wildman–Crippen LogP) is 3.07. The summed E-state index contributed by atoms with van der Waals surface area (Å²) < 4.78 is 0. The summed E-state index contributed by atoms with van der Waals surface area (Å²) in [6.45, 7) is 2.09. The molecule has 2 rings (SSSR count). The van der Waals surface area contributed by atoms with Gasteiger partial charge < -0.3 is 0 Å². The van der Waals surface area contributed by atoms with Crippen molar-refractivity contribution in [3.8, 4) is 0 Å². The number of benzene rings is 1. The summed E-state index contributed by atoms with van der Waals surface area (Å²) >= 11 is 0. The Kier molecular flexibility index (Phi) is 3.66. The highest BCUT2D eigenvalue weighted by molar-refractivity contribution is 5.97. The number of aryl methyl sites for hydroxylation is 1. The molecule has 0 aliphatic heterocycles. The van der Waals surface area contributed by atoms with Crippen molar-refractivity contribution in [3.05, 3.63) is 65.5 Å². The van der Waals surface area contributed by atoms with Gasteiger partial charge in [-0.2, -0.15) is 0 Å². The Morgan fingerprint density at radius 3 is 2.76 bits per heavy atom. The summed E-state index contributed by atoms with van der Waals surface area (Å²) in [4.78, 5) is 16.2. The SMILES string of the molecule is CCc1cccc(C(=O)Cc2ccccn2)c1. The molecule has 0 atom stereocenters. The van der Waals surface area contributed by atoms with Gasteiger partial charge in [0.25, 0.3) is 0 Å². The molecule has 0 aliphatic rings. The number of pyridine rings is 1. The average Bonchev–Trinajstić information content (AvgIpc) is 2.40. The van der Waals surface area contributed by atoms with E-state index < -0.39 is 0 Å². The minimum absolute atomic E-state index is 0.124. The summed E-state index contributed by atoms with van der Waals surface area (Å²) in [5.74, 6) is 0.124. The van der Waals surface area contributed by atoms with Crippen LogP contribution in [0.5, 0.6) is 0 Å². The molecule has 2 heteroatoms. The maximum absolute atomic E-state index is 12.0. The lowest BCUT2D eigenvalue weighted by Gasteiger charge is -2.03. The van der Waals surface area contributed by atoms with Crippen LogP contribution in [0.3, 0.4) is 0 Å². The molecule has 0 saturated carbocycles. The van der Waals surface area contributed by atoms with Crippen molar-refractivity contribution in [1.82, 2.24) is 4.98 Å². The van der Waals surface area contributed by atoms with E-state index in [1.807, 2.05) is 42.5 Å². The van der Waals surface area contributed by atoms with Crippen LogP contribution in [0, 0.1) is 0 Å². The summed E-state index contributed by atoms with van der Waals surface area (Å²) in [5.41, 5.74) is 2.78. The lowest BCUT2D eigenvalue weighted by Crippen LogP contribution is -2.05. The molecule has 0 radical (unpaired) electrons. The van der Waals surface area contributed by atoms with Gasteiger partial charge in [-0.05, 0) is 30.2 Å². The number of Topliss-reactive ketones (excluding diaryl/α,β-unsaturated/α-hetero) is 1. The van der Waals surface area contributed by atoms with Gasteiger partial charge in [-0.3, -0.25) is 9.78 Å². The van der Waals surface area contributed by atoms with E-state index in [1.54, 1.807) is 6.20 Å². The average molecular weight is 225 g/mol. The van der Waals surface area contributed by atoms with Crippen LogP contribution in [0.15, 0.2) is 48.7 Å². The molecule has 86 valence electrons. The molecule has 1 heterocycles. The Morgan fingerprint density at radius 2 is 2.06 bits per heavy atom. The molecule has 0 aliphatic carbocycles. The van der Waals surface area contributed by atoms with E-state index in [2.05, 4.69) is 11.9 Å². The second kappa shape index (κ2) is 5.39. The lowest BCUT2D eigenvalue weighted by atomic mass is 10.0. The third-order valence-corrected chi connectivity index (χ3v) is 2.73. The third-order valence-electron chi connectivity index (χ3n) is 2.73. The van der Waals surface area contributed by atoms with Gasteiger partial charge in [0.2, 0.25) is 0 Å². The van der Waals surface area contributed by atoms with E-state index in [-0.39, 0.29) is 5.78 Å². The van der Waals surface area contributed by atoms with Crippen LogP contribution in [0.4, 0.5) is 0 Å². The fraction of sp³-hybridized carbons (Fsp3) is 0.200.